The third-order valence-electron chi connectivity index (χ3n) is 2.58. The largest absolute Gasteiger partial charge is 0.495 e. The second kappa shape index (κ2) is 6.24. The van der Waals surface area contributed by atoms with E-state index in [-0.39, 0.29) is 5.56 Å². The first-order valence-electron chi connectivity index (χ1n) is 5.61. The van der Waals surface area contributed by atoms with Crippen molar-refractivity contribution in [3.05, 3.63) is 57.3 Å². The Morgan fingerprint density at radius 2 is 2.05 bits per heavy atom. The quantitative estimate of drug-likeness (QED) is 0.877. The van der Waals surface area contributed by atoms with Gasteiger partial charge in [-0.2, -0.15) is 0 Å². The first-order chi connectivity index (χ1) is 9.51. The van der Waals surface area contributed by atoms with Crippen molar-refractivity contribution in [3.8, 4) is 5.75 Å². The monoisotopic (exact) mass is 357 g/mol. The summed E-state index contributed by atoms with van der Waals surface area (Å²) in [7, 11) is 1.48. The van der Waals surface area contributed by atoms with E-state index in [9.17, 15) is 9.18 Å². The highest BCUT2D eigenvalue weighted by atomic mass is 79.9. The van der Waals surface area contributed by atoms with Gasteiger partial charge in [0.15, 0.2) is 0 Å². The summed E-state index contributed by atoms with van der Waals surface area (Å²) in [6.45, 7) is 0. The molecule has 0 unspecified atom stereocenters. The van der Waals surface area contributed by atoms with Crippen molar-refractivity contribution >= 4 is 39.1 Å². The van der Waals surface area contributed by atoms with Gasteiger partial charge >= 0.3 is 0 Å². The Bertz CT molecular complexity index is 664. The van der Waals surface area contributed by atoms with Crippen LogP contribution in [0, 0.1) is 5.82 Å². The minimum atomic E-state index is -0.489. The summed E-state index contributed by atoms with van der Waals surface area (Å²) in [4.78, 5) is 12.2. The summed E-state index contributed by atoms with van der Waals surface area (Å²) >= 11 is 9.09. The summed E-state index contributed by atoms with van der Waals surface area (Å²) in [5.74, 6) is -0.483. The van der Waals surface area contributed by atoms with E-state index >= 15 is 0 Å². The molecule has 2 aromatic carbocycles. The van der Waals surface area contributed by atoms with Crippen molar-refractivity contribution in [1.82, 2.24) is 0 Å². The number of hydrogen-bond donors (Lipinski definition) is 1. The van der Waals surface area contributed by atoms with Crippen molar-refractivity contribution in [3.63, 3.8) is 0 Å². The third-order valence-corrected chi connectivity index (χ3v) is 3.51. The zero-order chi connectivity index (χ0) is 14.7. The molecule has 0 bridgehead atoms. The Hall–Kier alpha value is -1.59. The summed E-state index contributed by atoms with van der Waals surface area (Å²) < 4.78 is 18.8. The van der Waals surface area contributed by atoms with Crippen molar-refractivity contribution in [2.45, 2.75) is 0 Å². The number of anilines is 1. The predicted octanol–water partition coefficient (Wildman–Crippen LogP) is 4.50. The van der Waals surface area contributed by atoms with E-state index in [4.69, 9.17) is 16.3 Å². The van der Waals surface area contributed by atoms with Gasteiger partial charge in [-0.3, -0.25) is 4.79 Å². The van der Waals surface area contributed by atoms with Gasteiger partial charge in [-0.25, -0.2) is 4.39 Å². The number of rotatable bonds is 3. The van der Waals surface area contributed by atoms with Crippen molar-refractivity contribution in [1.29, 1.82) is 0 Å². The molecule has 0 saturated heterocycles. The molecule has 3 nitrogen and oxygen atoms in total. The molecular formula is C14H10BrClFNO2. The zero-order valence-corrected chi connectivity index (χ0v) is 12.8. The number of hydrogen-bond acceptors (Lipinski definition) is 2. The first-order valence-corrected chi connectivity index (χ1v) is 6.78. The minimum absolute atomic E-state index is 0.187. The van der Waals surface area contributed by atoms with Crippen LogP contribution in [0.4, 0.5) is 10.1 Å². The van der Waals surface area contributed by atoms with E-state index < -0.39 is 11.7 Å². The van der Waals surface area contributed by atoms with E-state index in [0.717, 1.165) is 6.07 Å². The molecule has 0 aliphatic heterocycles. The molecule has 0 heterocycles. The van der Waals surface area contributed by atoms with Crippen LogP contribution in [0.5, 0.6) is 5.75 Å². The Morgan fingerprint density at radius 3 is 2.75 bits per heavy atom. The molecule has 1 N–H and O–H groups in total. The van der Waals surface area contributed by atoms with Gasteiger partial charge < -0.3 is 10.1 Å². The zero-order valence-electron chi connectivity index (χ0n) is 10.4. The second-order valence-corrected chi connectivity index (χ2v) is 5.21. The van der Waals surface area contributed by atoms with Crippen LogP contribution in [0.2, 0.25) is 5.02 Å². The fourth-order valence-electron chi connectivity index (χ4n) is 1.64. The Labute approximate surface area is 128 Å². The Balaban J connectivity index is 2.32. The summed E-state index contributed by atoms with van der Waals surface area (Å²) in [6, 6.07) is 8.73. The molecule has 2 rings (SSSR count). The highest BCUT2D eigenvalue weighted by Crippen LogP contribution is 2.29. The summed E-state index contributed by atoms with van der Waals surface area (Å²) in [5, 5.41) is 3.10. The molecule has 2 aromatic rings. The topological polar surface area (TPSA) is 38.3 Å². The van der Waals surface area contributed by atoms with E-state index in [1.165, 1.54) is 19.2 Å². The van der Waals surface area contributed by atoms with Crippen LogP contribution >= 0.6 is 27.5 Å². The number of ether oxygens (including phenoxy) is 1. The molecule has 0 spiro atoms. The second-order valence-electron chi connectivity index (χ2n) is 3.92. The number of carbonyl (C=O) groups excluding carboxylic acids is 1. The molecule has 0 atom stereocenters. The lowest BCUT2D eigenvalue weighted by molar-refractivity contribution is 0.102. The lowest BCUT2D eigenvalue weighted by Crippen LogP contribution is -2.13. The van der Waals surface area contributed by atoms with Crippen LogP contribution in [0.3, 0.4) is 0 Å². The molecule has 0 aromatic heterocycles. The van der Waals surface area contributed by atoms with Crippen LogP contribution in [0.25, 0.3) is 0 Å². The number of amides is 1. The van der Waals surface area contributed by atoms with Gasteiger partial charge in [0.05, 0.1) is 18.4 Å². The van der Waals surface area contributed by atoms with Gasteiger partial charge in [-0.15, -0.1) is 0 Å². The average Bonchev–Trinajstić information content (AvgIpc) is 2.41. The summed E-state index contributed by atoms with van der Waals surface area (Å²) in [5.41, 5.74) is 0.605. The highest BCUT2D eigenvalue weighted by Gasteiger charge is 2.14. The van der Waals surface area contributed by atoms with Gasteiger partial charge in [0.25, 0.3) is 5.91 Å². The third kappa shape index (κ3) is 3.29. The molecule has 6 heteroatoms. The highest BCUT2D eigenvalue weighted by molar-refractivity contribution is 9.10. The molecular weight excluding hydrogens is 349 g/mol. The smallest absolute Gasteiger partial charge is 0.257 e. The number of nitrogens with one attached hydrogen (secondary N) is 1. The van der Waals surface area contributed by atoms with E-state index in [1.807, 2.05) is 0 Å². The normalized spacial score (nSPS) is 10.2. The van der Waals surface area contributed by atoms with Gasteiger partial charge in [0, 0.05) is 9.50 Å². The maximum atomic E-state index is 13.2. The standard InChI is InChI=1S/C14H10BrClFNO2/c1-20-13-5-2-8(16)6-12(13)18-14(19)10-7-9(17)3-4-11(10)15/h2-7H,1H3,(H,18,19). The van der Waals surface area contributed by atoms with Crippen molar-refractivity contribution in [2.24, 2.45) is 0 Å². The molecule has 0 fully saturated rings. The fraction of sp³-hybridized carbons (Fsp3) is 0.0714. The molecule has 104 valence electrons. The molecule has 20 heavy (non-hydrogen) atoms. The number of methoxy groups -OCH3 is 1. The Morgan fingerprint density at radius 1 is 1.30 bits per heavy atom. The maximum Gasteiger partial charge on any atom is 0.257 e. The molecule has 1 amide bonds. The predicted molar refractivity (Wildman–Crippen MR) is 80.1 cm³/mol. The van der Waals surface area contributed by atoms with Crippen molar-refractivity contribution < 1.29 is 13.9 Å². The minimum Gasteiger partial charge on any atom is -0.495 e. The molecule has 0 aliphatic carbocycles. The fourth-order valence-corrected chi connectivity index (χ4v) is 2.24. The number of benzene rings is 2. The van der Waals surface area contributed by atoms with E-state index in [2.05, 4.69) is 21.2 Å². The first kappa shape index (κ1) is 14.8. The van der Waals surface area contributed by atoms with Crippen LogP contribution in [-0.2, 0) is 0 Å². The van der Waals surface area contributed by atoms with Crippen LogP contribution in [0.1, 0.15) is 10.4 Å². The van der Waals surface area contributed by atoms with E-state index in [0.29, 0.717) is 20.9 Å². The van der Waals surface area contributed by atoms with Crippen LogP contribution in [0.15, 0.2) is 40.9 Å². The molecule has 0 aliphatic rings. The Kier molecular flexibility index (Phi) is 4.62. The summed E-state index contributed by atoms with van der Waals surface area (Å²) in [6.07, 6.45) is 0. The van der Waals surface area contributed by atoms with Crippen LogP contribution < -0.4 is 10.1 Å². The van der Waals surface area contributed by atoms with Crippen LogP contribution in [-0.4, -0.2) is 13.0 Å². The van der Waals surface area contributed by atoms with Crippen molar-refractivity contribution in [2.75, 3.05) is 12.4 Å². The van der Waals surface area contributed by atoms with Gasteiger partial charge in [0.2, 0.25) is 0 Å². The van der Waals surface area contributed by atoms with Gasteiger partial charge in [-0.1, -0.05) is 11.6 Å². The van der Waals surface area contributed by atoms with Gasteiger partial charge in [-0.05, 0) is 52.3 Å². The average molecular weight is 359 g/mol. The maximum absolute atomic E-state index is 13.2. The SMILES string of the molecule is COc1ccc(Cl)cc1NC(=O)c1cc(F)ccc1Br. The molecule has 0 saturated carbocycles. The van der Waals surface area contributed by atoms with E-state index in [1.54, 1.807) is 18.2 Å². The molecule has 0 radical (unpaired) electrons. The number of carbonyl (C=O) groups is 1. The lowest BCUT2D eigenvalue weighted by atomic mass is 10.2. The van der Waals surface area contributed by atoms with Gasteiger partial charge in [0.1, 0.15) is 11.6 Å². The lowest BCUT2D eigenvalue weighted by Gasteiger charge is -2.11. The number of halogens is 3.